The van der Waals surface area contributed by atoms with Crippen LogP contribution in [-0.2, 0) is 4.79 Å². The van der Waals surface area contributed by atoms with Gasteiger partial charge >= 0.3 is 12.0 Å². The topological polar surface area (TPSA) is 78.4 Å². The van der Waals surface area contributed by atoms with Crippen molar-refractivity contribution in [3.8, 4) is 0 Å². The van der Waals surface area contributed by atoms with Gasteiger partial charge in [-0.1, -0.05) is 6.92 Å². The van der Waals surface area contributed by atoms with E-state index in [-0.39, 0.29) is 18.4 Å². The second-order valence-electron chi connectivity index (χ2n) is 4.04. The molecule has 0 aliphatic rings. The highest BCUT2D eigenvalue weighted by Gasteiger charge is 2.08. The molecule has 0 rings (SSSR count). The van der Waals surface area contributed by atoms with Crippen molar-refractivity contribution in [3.05, 3.63) is 0 Å². The van der Waals surface area contributed by atoms with Gasteiger partial charge in [-0.25, -0.2) is 4.79 Å². The molecule has 3 N–H and O–H groups in total. The molecule has 0 aromatic rings. The molecule has 0 saturated heterocycles. The highest BCUT2D eigenvalue weighted by atomic mass is 32.2. The first-order valence-electron chi connectivity index (χ1n) is 5.78. The number of carbonyl (C=O) groups excluding carboxylic acids is 1. The monoisotopic (exact) mass is 262 g/mol. The molecular weight excluding hydrogens is 240 g/mol. The molecule has 6 heteroatoms. The average Bonchev–Trinajstić information content (AvgIpc) is 2.25. The van der Waals surface area contributed by atoms with Crippen LogP contribution in [0.15, 0.2) is 0 Å². The average molecular weight is 262 g/mol. The number of carboxylic acid groups (broad SMARTS) is 1. The summed E-state index contributed by atoms with van der Waals surface area (Å²) >= 11 is 1.80. The Bertz CT molecular complexity index is 237. The Morgan fingerprint density at radius 3 is 2.59 bits per heavy atom. The van der Waals surface area contributed by atoms with Crippen molar-refractivity contribution in [1.82, 2.24) is 10.6 Å². The second kappa shape index (κ2) is 10.3. The number of hydrogen-bond donors (Lipinski definition) is 3. The molecule has 0 radical (unpaired) electrons. The van der Waals surface area contributed by atoms with E-state index in [4.69, 9.17) is 5.11 Å². The normalized spacial score (nSPS) is 11.9. The summed E-state index contributed by atoms with van der Waals surface area (Å²) in [5.41, 5.74) is 0. The zero-order valence-corrected chi connectivity index (χ0v) is 11.3. The first kappa shape index (κ1) is 16.1. The summed E-state index contributed by atoms with van der Waals surface area (Å²) in [7, 11) is 0. The standard InChI is InChI=1S/C11H22N2O3S/c1-9(7-10(14)15)8-13-11(16)12-5-3-4-6-17-2/h9H,3-8H2,1-2H3,(H,14,15)(H2,12,13,16). The maximum atomic E-state index is 11.3. The van der Waals surface area contributed by atoms with Crippen molar-refractivity contribution in [2.45, 2.75) is 26.2 Å². The first-order chi connectivity index (χ1) is 8.06. The highest BCUT2D eigenvalue weighted by molar-refractivity contribution is 7.98. The van der Waals surface area contributed by atoms with Gasteiger partial charge in [-0.05, 0) is 30.8 Å². The predicted octanol–water partition coefficient (Wildman–Crippen LogP) is 1.54. The fraction of sp³-hybridized carbons (Fsp3) is 0.818. The van der Waals surface area contributed by atoms with Crippen molar-refractivity contribution in [2.75, 3.05) is 25.1 Å². The van der Waals surface area contributed by atoms with Gasteiger partial charge in [-0.2, -0.15) is 11.8 Å². The molecule has 0 bridgehead atoms. The smallest absolute Gasteiger partial charge is 0.314 e. The van der Waals surface area contributed by atoms with E-state index in [0.29, 0.717) is 13.1 Å². The van der Waals surface area contributed by atoms with Crippen molar-refractivity contribution in [2.24, 2.45) is 5.92 Å². The minimum Gasteiger partial charge on any atom is -0.481 e. The lowest BCUT2D eigenvalue weighted by Crippen LogP contribution is -2.38. The van der Waals surface area contributed by atoms with Crippen LogP contribution in [0.4, 0.5) is 4.79 Å². The van der Waals surface area contributed by atoms with Crippen LogP contribution < -0.4 is 10.6 Å². The number of urea groups is 1. The highest BCUT2D eigenvalue weighted by Crippen LogP contribution is 1.99. The van der Waals surface area contributed by atoms with Crippen LogP contribution in [0, 0.1) is 5.92 Å². The zero-order chi connectivity index (χ0) is 13.1. The number of aliphatic carboxylic acids is 1. The number of hydrogen-bond acceptors (Lipinski definition) is 3. The van der Waals surface area contributed by atoms with Crippen molar-refractivity contribution in [1.29, 1.82) is 0 Å². The zero-order valence-electron chi connectivity index (χ0n) is 10.5. The lowest BCUT2D eigenvalue weighted by molar-refractivity contribution is -0.137. The Morgan fingerprint density at radius 1 is 1.29 bits per heavy atom. The van der Waals surface area contributed by atoms with E-state index >= 15 is 0 Å². The van der Waals surface area contributed by atoms with Gasteiger partial charge in [0.2, 0.25) is 0 Å². The molecule has 0 saturated carbocycles. The van der Waals surface area contributed by atoms with E-state index in [2.05, 4.69) is 16.9 Å². The van der Waals surface area contributed by atoms with Crippen molar-refractivity contribution < 1.29 is 14.7 Å². The van der Waals surface area contributed by atoms with Crippen LogP contribution >= 0.6 is 11.8 Å². The van der Waals surface area contributed by atoms with Crippen LogP contribution in [0.2, 0.25) is 0 Å². The number of thioether (sulfide) groups is 1. The second-order valence-corrected chi connectivity index (χ2v) is 5.03. The van der Waals surface area contributed by atoms with E-state index < -0.39 is 5.97 Å². The fourth-order valence-electron chi connectivity index (χ4n) is 1.27. The molecule has 17 heavy (non-hydrogen) atoms. The summed E-state index contributed by atoms with van der Waals surface area (Å²) in [5.74, 6) is 0.227. The molecule has 0 aliphatic carbocycles. The Kier molecular flexibility index (Phi) is 9.71. The van der Waals surface area contributed by atoms with Gasteiger partial charge in [0.05, 0.1) is 0 Å². The molecular formula is C11H22N2O3S. The van der Waals surface area contributed by atoms with E-state index in [9.17, 15) is 9.59 Å². The fourth-order valence-corrected chi connectivity index (χ4v) is 1.77. The number of carboxylic acids is 1. The molecule has 2 amide bonds. The van der Waals surface area contributed by atoms with E-state index in [1.54, 1.807) is 18.7 Å². The van der Waals surface area contributed by atoms with Gasteiger partial charge in [0, 0.05) is 19.5 Å². The summed E-state index contributed by atoms with van der Waals surface area (Å²) in [4.78, 5) is 21.7. The minimum atomic E-state index is -0.836. The molecule has 0 aliphatic heterocycles. The van der Waals surface area contributed by atoms with Crippen LogP contribution in [0.25, 0.3) is 0 Å². The molecule has 5 nitrogen and oxygen atoms in total. The Hall–Kier alpha value is -0.910. The minimum absolute atomic E-state index is 0.0465. The summed E-state index contributed by atoms with van der Waals surface area (Å²) < 4.78 is 0. The van der Waals surface area contributed by atoms with Gasteiger partial charge in [0.15, 0.2) is 0 Å². The number of unbranched alkanes of at least 4 members (excludes halogenated alkanes) is 1. The molecule has 0 heterocycles. The van der Waals surface area contributed by atoms with Gasteiger partial charge in [0.1, 0.15) is 0 Å². The first-order valence-corrected chi connectivity index (χ1v) is 7.18. The maximum Gasteiger partial charge on any atom is 0.314 e. The maximum absolute atomic E-state index is 11.3. The lowest BCUT2D eigenvalue weighted by atomic mass is 10.1. The third kappa shape index (κ3) is 11.4. The summed E-state index contributed by atoms with van der Waals surface area (Å²) in [5, 5.41) is 13.9. The SMILES string of the molecule is CSCCCCNC(=O)NCC(C)CC(=O)O. The molecule has 0 fully saturated rings. The van der Waals surface area contributed by atoms with Gasteiger partial charge < -0.3 is 15.7 Å². The summed E-state index contributed by atoms with van der Waals surface area (Å²) in [6.45, 7) is 2.86. The Balaban J connectivity index is 3.42. The third-order valence-corrected chi connectivity index (χ3v) is 2.89. The van der Waals surface area contributed by atoms with E-state index in [1.165, 1.54) is 0 Å². The summed E-state index contributed by atoms with van der Waals surface area (Å²) in [6, 6.07) is -0.216. The van der Waals surface area contributed by atoms with Crippen molar-refractivity contribution >= 4 is 23.8 Å². The number of amides is 2. The molecule has 1 unspecified atom stereocenters. The van der Waals surface area contributed by atoms with Crippen LogP contribution in [0.1, 0.15) is 26.2 Å². The quantitative estimate of drug-likeness (QED) is 0.551. The summed E-state index contributed by atoms with van der Waals surface area (Å²) in [6.07, 6.45) is 4.20. The molecule has 0 spiro atoms. The van der Waals surface area contributed by atoms with Gasteiger partial charge in [-0.3, -0.25) is 4.79 Å². The number of carbonyl (C=O) groups is 2. The number of rotatable bonds is 9. The van der Waals surface area contributed by atoms with E-state index in [0.717, 1.165) is 18.6 Å². The molecule has 0 aromatic carbocycles. The third-order valence-electron chi connectivity index (χ3n) is 2.19. The van der Waals surface area contributed by atoms with Crippen LogP contribution in [0.5, 0.6) is 0 Å². The predicted molar refractivity (Wildman–Crippen MR) is 70.4 cm³/mol. The molecule has 100 valence electrons. The Labute approximate surface area is 107 Å². The lowest BCUT2D eigenvalue weighted by Gasteiger charge is -2.11. The molecule has 0 aromatic heterocycles. The van der Waals surface area contributed by atoms with Gasteiger partial charge in [-0.15, -0.1) is 0 Å². The van der Waals surface area contributed by atoms with E-state index in [1.807, 2.05) is 0 Å². The molecule has 1 atom stereocenters. The van der Waals surface area contributed by atoms with Crippen LogP contribution in [0.3, 0.4) is 0 Å². The van der Waals surface area contributed by atoms with Gasteiger partial charge in [0.25, 0.3) is 0 Å². The van der Waals surface area contributed by atoms with Crippen LogP contribution in [-0.4, -0.2) is 42.2 Å². The van der Waals surface area contributed by atoms with Crippen molar-refractivity contribution in [3.63, 3.8) is 0 Å². The largest absolute Gasteiger partial charge is 0.481 e. The number of nitrogens with one attached hydrogen (secondary N) is 2. The Morgan fingerprint density at radius 2 is 2.00 bits per heavy atom.